The average molecular weight is 328 g/mol. The number of hydrogen-bond acceptors (Lipinski definition) is 4. The van der Waals surface area contributed by atoms with E-state index in [2.05, 4.69) is 59.5 Å². The Morgan fingerprint density at radius 2 is 1.96 bits per heavy atom. The van der Waals surface area contributed by atoms with Gasteiger partial charge in [-0.15, -0.1) is 0 Å². The molecule has 1 aromatic carbocycles. The highest BCUT2D eigenvalue weighted by molar-refractivity contribution is 5.15. The standard InChI is InChI=1S/C19H28N4O/c1-18(2)13-22(12-17-8-5-4-6-9-17)14-19(21-18,16-24-3)15-23-11-7-10-20-23/h4-11,21H,12-16H2,1-3H3/t19-/m1/s1. The highest BCUT2D eigenvalue weighted by Crippen LogP contribution is 2.25. The molecule has 0 unspecified atom stereocenters. The number of nitrogens with one attached hydrogen (secondary N) is 1. The topological polar surface area (TPSA) is 42.3 Å². The van der Waals surface area contributed by atoms with Gasteiger partial charge in [0.15, 0.2) is 0 Å². The predicted octanol–water partition coefficient (Wildman–Crippen LogP) is 2.15. The first-order chi connectivity index (χ1) is 11.5. The van der Waals surface area contributed by atoms with E-state index in [0.29, 0.717) is 6.61 Å². The number of aromatic nitrogens is 2. The number of rotatable bonds is 6. The monoisotopic (exact) mass is 328 g/mol. The van der Waals surface area contributed by atoms with Gasteiger partial charge in [-0.3, -0.25) is 9.58 Å². The number of hydrogen-bond donors (Lipinski definition) is 1. The van der Waals surface area contributed by atoms with Gasteiger partial charge in [0.25, 0.3) is 0 Å². The number of piperazine rings is 1. The van der Waals surface area contributed by atoms with Gasteiger partial charge in [-0.1, -0.05) is 30.3 Å². The predicted molar refractivity (Wildman–Crippen MR) is 95.8 cm³/mol. The lowest BCUT2D eigenvalue weighted by Crippen LogP contribution is -2.71. The molecular weight excluding hydrogens is 300 g/mol. The van der Waals surface area contributed by atoms with Crippen molar-refractivity contribution in [1.82, 2.24) is 20.0 Å². The zero-order chi connectivity index (χ0) is 17.0. The molecule has 24 heavy (non-hydrogen) atoms. The molecule has 130 valence electrons. The van der Waals surface area contributed by atoms with E-state index in [1.165, 1.54) is 5.56 Å². The molecule has 5 heteroatoms. The minimum absolute atomic E-state index is 0.0126. The third-order valence-electron chi connectivity index (χ3n) is 4.44. The molecule has 1 fully saturated rings. The molecular formula is C19H28N4O. The number of nitrogens with zero attached hydrogens (tertiary/aromatic N) is 3. The molecule has 0 saturated carbocycles. The first kappa shape index (κ1) is 17.1. The Balaban J connectivity index is 1.81. The van der Waals surface area contributed by atoms with Crippen LogP contribution in [-0.2, 0) is 17.8 Å². The van der Waals surface area contributed by atoms with Crippen LogP contribution in [0.25, 0.3) is 0 Å². The van der Waals surface area contributed by atoms with Gasteiger partial charge in [0.1, 0.15) is 0 Å². The zero-order valence-electron chi connectivity index (χ0n) is 14.9. The molecule has 0 amide bonds. The maximum atomic E-state index is 5.60. The van der Waals surface area contributed by atoms with E-state index in [-0.39, 0.29) is 11.1 Å². The largest absolute Gasteiger partial charge is 0.383 e. The van der Waals surface area contributed by atoms with Crippen LogP contribution in [0.2, 0.25) is 0 Å². The molecule has 1 aliphatic heterocycles. The van der Waals surface area contributed by atoms with Crippen LogP contribution in [0, 0.1) is 0 Å². The van der Waals surface area contributed by atoms with Crippen molar-refractivity contribution in [3.8, 4) is 0 Å². The Hall–Kier alpha value is -1.69. The second kappa shape index (κ2) is 7.05. The van der Waals surface area contributed by atoms with Crippen LogP contribution in [0.4, 0.5) is 0 Å². The Morgan fingerprint density at radius 3 is 2.62 bits per heavy atom. The lowest BCUT2D eigenvalue weighted by Gasteiger charge is -2.51. The van der Waals surface area contributed by atoms with E-state index in [1.54, 1.807) is 7.11 Å². The summed E-state index contributed by atoms with van der Waals surface area (Å²) in [6.07, 6.45) is 3.85. The summed E-state index contributed by atoms with van der Waals surface area (Å²) >= 11 is 0. The molecule has 0 bridgehead atoms. The van der Waals surface area contributed by atoms with Crippen LogP contribution >= 0.6 is 0 Å². The lowest BCUT2D eigenvalue weighted by atomic mass is 9.88. The normalized spacial score (nSPS) is 24.1. The van der Waals surface area contributed by atoms with Gasteiger partial charge in [-0.25, -0.2) is 0 Å². The molecule has 1 N–H and O–H groups in total. The van der Waals surface area contributed by atoms with E-state index < -0.39 is 0 Å². The van der Waals surface area contributed by atoms with Gasteiger partial charge >= 0.3 is 0 Å². The smallest absolute Gasteiger partial charge is 0.0748 e. The summed E-state index contributed by atoms with van der Waals surface area (Å²) in [5.74, 6) is 0. The first-order valence-electron chi connectivity index (χ1n) is 8.52. The van der Waals surface area contributed by atoms with Crippen molar-refractivity contribution in [3.05, 3.63) is 54.4 Å². The van der Waals surface area contributed by atoms with Crippen molar-refractivity contribution in [2.24, 2.45) is 0 Å². The van der Waals surface area contributed by atoms with E-state index in [0.717, 1.165) is 26.2 Å². The molecule has 0 aliphatic carbocycles. The van der Waals surface area contributed by atoms with E-state index in [4.69, 9.17) is 4.74 Å². The summed E-state index contributed by atoms with van der Waals surface area (Å²) in [6.45, 7) is 8.86. The van der Waals surface area contributed by atoms with Gasteiger partial charge in [-0.2, -0.15) is 5.10 Å². The van der Waals surface area contributed by atoms with Crippen LogP contribution in [0.1, 0.15) is 19.4 Å². The second-order valence-electron chi connectivity index (χ2n) is 7.56. The molecule has 1 aliphatic rings. The number of methoxy groups -OCH3 is 1. The zero-order valence-corrected chi connectivity index (χ0v) is 14.9. The third kappa shape index (κ3) is 4.23. The minimum Gasteiger partial charge on any atom is -0.383 e. The summed E-state index contributed by atoms with van der Waals surface area (Å²) in [7, 11) is 1.77. The maximum Gasteiger partial charge on any atom is 0.0748 e. The van der Waals surface area contributed by atoms with E-state index in [9.17, 15) is 0 Å². The molecule has 2 heterocycles. The van der Waals surface area contributed by atoms with Crippen molar-refractivity contribution >= 4 is 0 Å². The second-order valence-corrected chi connectivity index (χ2v) is 7.56. The quantitative estimate of drug-likeness (QED) is 0.882. The Bertz CT molecular complexity index is 626. The molecule has 1 aromatic heterocycles. The van der Waals surface area contributed by atoms with Gasteiger partial charge in [0, 0.05) is 44.7 Å². The molecule has 3 rings (SSSR count). The summed E-state index contributed by atoms with van der Waals surface area (Å²) in [5, 5.41) is 8.23. The first-order valence-corrected chi connectivity index (χ1v) is 8.52. The van der Waals surface area contributed by atoms with Crippen LogP contribution in [0.3, 0.4) is 0 Å². The molecule has 0 spiro atoms. The highest BCUT2D eigenvalue weighted by atomic mass is 16.5. The summed E-state index contributed by atoms with van der Waals surface area (Å²) in [6, 6.07) is 12.6. The van der Waals surface area contributed by atoms with Crippen LogP contribution < -0.4 is 5.32 Å². The average Bonchev–Trinajstić information content (AvgIpc) is 2.99. The van der Waals surface area contributed by atoms with Crippen LogP contribution in [0.15, 0.2) is 48.8 Å². The summed E-state index contributed by atoms with van der Waals surface area (Å²) < 4.78 is 7.59. The lowest BCUT2D eigenvalue weighted by molar-refractivity contribution is -0.00518. The van der Waals surface area contributed by atoms with Crippen molar-refractivity contribution in [3.63, 3.8) is 0 Å². The molecule has 1 saturated heterocycles. The van der Waals surface area contributed by atoms with Crippen molar-refractivity contribution in [1.29, 1.82) is 0 Å². The minimum atomic E-state index is -0.155. The van der Waals surface area contributed by atoms with Gasteiger partial charge < -0.3 is 10.1 Å². The van der Waals surface area contributed by atoms with Crippen LogP contribution in [-0.4, -0.2) is 52.6 Å². The van der Waals surface area contributed by atoms with Crippen molar-refractivity contribution < 1.29 is 4.74 Å². The Morgan fingerprint density at radius 1 is 1.17 bits per heavy atom. The third-order valence-corrected chi connectivity index (χ3v) is 4.44. The maximum absolute atomic E-state index is 5.60. The Labute approximate surface area is 144 Å². The van der Waals surface area contributed by atoms with E-state index in [1.807, 2.05) is 23.1 Å². The van der Waals surface area contributed by atoms with Gasteiger partial charge in [-0.05, 0) is 25.5 Å². The molecule has 5 nitrogen and oxygen atoms in total. The van der Waals surface area contributed by atoms with E-state index >= 15 is 0 Å². The number of ether oxygens (including phenoxy) is 1. The fraction of sp³-hybridized carbons (Fsp3) is 0.526. The molecule has 0 radical (unpaired) electrons. The summed E-state index contributed by atoms with van der Waals surface area (Å²) in [5.41, 5.74) is 1.20. The van der Waals surface area contributed by atoms with Gasteiger partial charge in [0.2, 0.25) is 0 Å². The van der Waals surface area contributed by atoms with Crippen molar-refractivity contribution in [2.75, 3.05) is 26.8 Å². The Kier molecular flexibility index (Phi) is 5.04. The fourth-order valence-corrected chi connectivity index (χ4v) is 3.99. The SMILES string of the molecule is COC[C@]1(Cn2cccn2)CN(Cc2ccccc2)CC(C)(C)N1. The van der Waals surface area contributed by atoms with Crippen molar-refractivity contribution in [2.45, 2.75) is 38.0 Å². The fourth-order valence-electron chi connectivity index (χ4n) is 3.99. The molecule has 1 atom stereocenters. The molecule has 2 aromatic rings. The summed E-state index contributed by atoms with van der Waals surface area (Å²) in [4.78, 5) is 2.52. The number of benzene rings is 1. The van der Waals surface area contributed by atoms with Crippen LogP contribution in [0.5, 0.6) is 0 Å². The van der Waals surface area contributed by atoms with Gasteiger partial charge in [0.05, 0.1) is 18.7 Å². The highest BCUT2D eigenvalue weighted by Gasteiger charge is 2.43.